The van der Waals surface area contributed by atoms with Crippen molar-refractivity contribution in [1.82, 2.24) is 20.9 Å². The highest BCUT2D eigenvalue weighted by Crippen LogP contribution is 2.17. The van der Waals surface area contributed by atoms with E-state index in [2.05, 4.69) is 20.9 Å². The number of rotatable bonds is 10. The molecule has 3 rings (SSSR count). The lowest BCUT2D eigenvalue weighted by atomic mass is 10.1. The maximum absolute atomic E-state index is 11.8. The number of ether oxygens (including phenoxy) is 1. The highest BCUT2D eigenvalue weighted by Gasteiger charge is 2.07. The number of aromatic nitrogens is 1. The van der Waals surface area contributed by atoms with Crippen LogP contribution in [0.4, 0.5) is 0 Å². The summed E-state index contributed by atoms with van der Waals surface area (Å²) in [6.45, 7) is 4.37. The van der Waals surface area contributed by atoms with Crippen molar-refractivity contribution in [1.29, 1.82) is 0 Å². The molecule has 0 aliphatic rings. The van der Waals surface area contributed by atoms with E-state index in [1.807, 2.05) is 73.7 Å². The van der Waals surface area contributed by atoms with Gasteiger partial charge in [-0.05, 0) is 42.7 Å². The predicted molar refractivity (Wildman–Crippen MR) is 131 cm³/mol. The molecule has 0 saturated carbocycles. The number of benzene rings is 2. The highest BCUT2D eigenvalue weighted by atomic mass is 16.5. The molecule has 1 heterocycles. The first-order chi connectivity index (χ1) is 16.2. The standard InChI is InChI=1S/C26H31N5O2/c1-3-28-26(30-16-14-20-11-7-12-22(17-20)24(32)27-2)31-18-23-13-8-15-29-25(23)33-19-21-9-5-4-6-10-21/h4-13,15,17H,3,14,16,18-19H2,1-2H3,(H,27,32)(H2,28,30,31). The molecular weight excluding hydrogens is 414 g/mol. The van der Waals surface area contributed by atoms with Crippen molar-refractivity contribution >= 4 is 11.9 Å². The van der Waals surface area contributed by atoms with E-state index in [9.17, 15) is 4.79 Å². The van der Waals surface area contributed by atoms with E-state index in [0.717, 1.165) is 35.6 Å². The van der Waals surface area contributed by atoms with E-state index < -0.39 is 0 Å². The largest absolute Gasteiger partial charge is 0.473 e. The van der Waals surface area contributed by atoms with Gasteiger partial charge in [-0.15, -0.1) is 0 Å². The smallest absolute Gasteiger partial charge is 0.251 e. The molecule has 33 heavy (non-hydrogen) atoms. The molecule has 0 aliphatic carbocycles. The molecule has 172 valence electrons. The molecule has 7 nitrogen and oxygen atoms in total. The van der Waals surface area contributed by atoms with Gasteiger partial charge in [0.25, 0.3) is 5.91 Å². The lowest BCUT2D eigenvalue weighted by Crippen LogP contribution is -2.38. The summed E-state index contributed by atoms with van der Waals surface area (Å²) in [7, 11) is 1.64. The Labute approximate surface area is 195 Å². The zero-order valence-electron chi connectivity index (χ0n) is 19.2. The minimum Gasteiger partial charge on any atom is -0.473 e. The van der Waals surface area contributed by atoms with Crippen LogP contribution in [0.3, 0.4) is 0 Å². The topological polar surface area (TPSA) is 87.6 Å². The Morgan fingerprint density at radius 2 is 1.82 bits per heavy atom. The first-order valence-electron chi connectivity index (χ1n) is 11.1. The van der Waals surface area contributed by atoms with Crippen molar-refractivity contribution in [3.63, 3.8) is 0 Å². The Balaban J connectivity index is 1.58. The average molecular weight is 446 g/mol. The molecule has 3 aromatic rings. The second kappa shape index (κ2) is 12.9. The van der Waals surface area contributed by atoms with Gasteiger partial charge in [-0.3, -0.25) is 4.79 Å². The van der Waals surface area contributed by atoms with Crippen LogP contribution in [-0.4, -0.2) is 37.0 Å². The fourth-order valence-electron chi connectivity index (χ4n) is 3.24. The first-order valence-corrected chi connectivity index (χ1v) is 11.1. The summed E-state index contributed by atoms with van der Waals surface area (Å²) >= 11 is 0. The Hall–Kier alpha value is -3.87. The molecule has 0 saturated heterocycles. The summed E-state index contributed by atoms with van der Waals surface area (Å²) in [5, 5.41) is 9.28. The van der Waals surface area contributed by atoms with E-state index in [1.165, 1.54) is 0 Å². The summed E-state index contributed by atoms with van der Waals surface area (Å²) in [5.74, 6) is 1.23. The van der Waals surface area contributed by atoms with E-state index in [1.54, 1.807) is 13.2 Å². The second-order valence-corrected chi connectivity index (χ2v) is 7.39. The van der Waals surface area contributed by atoms with Crippen LogP contribution in [0, 0.1) is 0 Å². The molecule has 0 aliphatic heterocycles. The van der Waals surface area contributed by atoms with Crippen molar-refractivity contribution in [2.75, 3.05) is 20.1 Å². The molecule has 7 heteroatoms. The summed E-state index contributed by atoms with van der Waals surface area (Å²) in [6, 6.07) is 21.5. The summed E-state index contributed by atoms with van der Waals surface area (Å²) in [4.78, 5) is 20.9. The number of carbonyl (C=O) groups is 1. The lowest BCUT2D eigenvalue weighted by molar-refractivity contribution is 0.0963. The predicted octanol–water partition coefficient (Wildman–Crippen LogP) is 3.32. The SMILES string of the molecule is CCNC(=NCc1cccnc1OCc1ccccc1)NCCc1cccc(C(=O)NC)c1. The van der Waals surface area contributed by atoms with Gasteiger partial charge in [0.1, 0.15) is 6.61 Å². The molecule has 0 bridgehead atoms. The quantitative estimate of drug-likeness (QED) is 0.329. The third kappa shape index (κ3) is 7.64. The molecule has 0 fully saturated rings. The van der Waals surface area contributed by atoms with E-state index in [0.29, 0.717) is 31.1 Å². The molecule has 3 N–H and O–H groups in total. The van der Waals surface area contributed by atoms with Crippen molar-refractivity contribution < 1.29 is 9.53 Å². The van der Waals surface area contributed by atoms with Crippen molar-refractivity contribution in [2.24, 2.45) is 4.99 Å². The Morgan fingerprint density at radius 1 is 1.00 bits per heavy atom. The van der Waals surface area contributed by atoms with Crippen LogP contribution in [0.5, 0.6) is 5.88 Å². The number of nitrogens with zero attached hydrogens (tertiary/aromatic N) is 2. The van der Waals surface area contributed by atoms with Crippen LogP contribution >= 0.6 is 0 Å². The number of hydrogen-bond acceptors (Lipinski definition) is 4. The third-order valence-corrected chi connectivity index (χ3v) is 4.94. The fraction of sp³-hybridized carbons (Fsp3) is 0.269. The second-order valence-electron chi connectivity index (χ2n) is 7.39. The van der Waals surface area contributed by atoms with Gasteiger partial charge in [0, 0.05) is 37.5 Å². The summed E-state index contributed by atoms with van der Waals surface area (Å²) in [5.41, 5.74) is 3.76. The lowest BCUT2D eigenvalue weighted by Gasteiger charge is -2.13. The number of pyridine rings is 1. The molecule has 1 amide bonds. The molecule has 0 atom stereocenters. The normalized spacial score (nSPS) is 11.0. The Kier molecular flexibility index (Phi) is 9.27. The Morgan fingerprint density at radius 3 is 2.61 bits per heavy atom. The summed E-state index contributed by atoms with van der Waals surface area (Å²) in [6.07, 6.45) is 2.50. The van der Waals surface area contributed by atoms with E-state index >= 15 is 0 Å². The zero-order chi connectivity index (χ0) is 23.3. The molecule has 0 spiro atoms. The minimum atomic E-state index is -0.0820. The van der Waals surface area contributed by atoms with Gasteiger partial charge in [0.15, 0.2) is 5.96 Å². The molecule has 0 radical (unpaired) electrons. The van der Waals surface area contributed by atoms with Crippen LogP contribution in [0.15, 0.2) is 77.9 Å². The van der Waals surface area contributed by atoms with Crippen LogP contribution < -0.4 is 20.7 Å². The van der Waals surface area contributed by atoms with Crippen molar-refractivity contribution in [2.45, 2.75) is 26.5 Å². The zero-order valence-corrected chi connectivity index (χ0v) is 19.2. The van der Waals surface area contributed by atoms with Gasteiger partial charge < -0.3 is 20.7 Å². The monoisotopic (exact) mass is 445 g/mol. The van der Waals surface area contributed by atoms with Gasteiger partial charge in [0.2, 0.25) is 5.88 Å². The molecule has 2 aromatic carbocycles. The van der Waals surface area contributed by atoms with Gasteiger partial charge >= 0.3 is 0 Å². The molecule has 1 aromatic heterocycles. The number of aliphatic imine (C=N–C) groups is 1. The van der Waals surface area contributed by atoms with Crippen LogP contribution in [0.2, 0.25) is 0 Å². The first kappa shape index (κ1) is 23.8. The van der Waals surface area contributed by atoms with Gasteiger partial charge in [0.05, 0.1) is 6.54 Å². The highest BCUT2D eigenvalue weighted by molar-refractivity contribution is 5.94. The fourth-order valence-corrected chi connectivity index (χ4v) is 3.24. The number of guanidine groups is 1. The van der Waals surface area contributed by atoms with Gasteiger partial charge in [-0.2, -0.15) is 0 Å². The van der Waals surface area contributed by atoms with E-state index in [4.69, 9.17) is 9.73 Å². The number of hydrogen-bond donors (Lipinski definition) is 3. The van der Waals surface area contributed by atoms with Crippen LogP contribution in [-0.2, 0) is 19.6 Å². The van der Waals surface area contributed by atoms with Crippen LogP contribution in [0.25, 0.3) is 0 Å². The van der Waals surface area contributed by atoms with Crippen molar-refractivity contribution in [3.8, 4) is 5.88 Å². The minimum absolute atomic E-state index is 0.0820. The van der Waals surface area contributed by atoms with E-state index in [-0.39, 0.29) is 5.91 Å². The maximum atomic E-state index is 11.8. The number of amides is 1. The molecule has 0 unspecified atom stereocenters. The van der Waals surface area contributed by atoms with Gasteiger partial charge in [-0.25, -0.2) is 9.98 Å². The average Bonchev–Trinajstić information content (AvgIpc) is 2.87. The summed E-state index contributed by atoms with van der Waals surface area (Å²) < 4.78 is 5.94. The number of carbonyl (C=O) groups excluding carboxylic acids is 1. The number of nitrogens with one attached hydrogen (secondary N) is 3. The van der Waals surface area contributed by atoms with Gasteiger partial charge in [-0.1, -0.05) is 48.5 Å². The Bertz CT molecular complexity index is 1050. The van der Waals surface area contributed by atoms with Crippen LogP contribution in [0.1, 0.15) is 34.0 Å². The third-order valence-electron chi connectivity index (χ3n) is 4.94. The van der Waals surface area contributed by atoms with Crippen molar-refractivity contribution in [3.05, 3.63) is 95.2 Å². The maximum Gasteiger partial charge on any atom is 0.251 e. The molecular formula is C26H31N5O2.